The van der Waals surface area contributed by atoms with Crippen molar-refractivity contribution in [1.29, 1.82) is 0 Å². The summed E-state index contributed by atoms with van der Waals surface area (Å²) >= 11 is 0. The first-order valence-electron chi connectivity index (χ1n) is 20.8. The molecule has 4 aromatic carbocycles. The van der Waals surface area contributed by atoms with E-state index < -0.39 is 11.7 Å². The van der Waals surface area contributed by atoms with Crippen LogP contribution in [0.15, 0.2) is 121 Å². The molecule has 308 valence electrons. The van der Waals surface area contributed by atoms with Crippen LogP contribution in [0.2, 0.25) is 0 Å². The van der Waals surface area contributed by atoms with Gasteiger partial charge in [0.1, 0.15) is 12.1 Å². The van der Waals surface area contributed by atoms with Crippen LogP contribution in [0.25, 0.3) is 0 Å². The molecule has 8 nitrogen and oxygen atoms in total. The molecule has 3 N–H and O–H groups in total. The van der Waals surface area contributed by atoms with E-state index in [9.17, 15) is 14.4 Å². The predicted octanol–water partition coefficient (Wildman–Crippen LogP) is 9.12. The first-order chi connectivity index (χ1) is 27.5. The average Bonchev–Trinajstić information content (AvgIpc) is 3.19. The van der Waals surface area contributed by atoms with E-state index in [2.05, 4.69) is 113 Å². The first-order valence-corrected chi connectivity index (χ1v) is 20.8. The topological polar surface area (TPSA) is 99.8 Å². The maximum absolute atomic E-state index is 12.6. The third-order valence-corrected chi connectivity index (χ3v) is 9.60. The number of rotatable bonds is 22. The molecule has 0 aliphatic heterocycles. The molecule has 57 heavy (non-hydrogen) atoms. The Morgan fingerprint density at radius 1 is 0.544 bits per heavy atom. The van der Waals surface area contributed by atoms with Crippen molar-refractivity contribution in [2.75, 3.05) is 27.2 Å². The minimum atomic E-state index is -0.584. The van der Waals surface area contributed by atoms with Crippen LogP contribution < -0.4 is 16.0 Å². The van der Waals surface area contributed by atoms with E-state index in [1.165, 1.54) is 27.2 Å². The Kier molecular flexibility index (Phi) is 21.8. The Morgan fingerprint density at radius 3 is 1.16 bits per heavy atom. The maximum atomic E-state index is 12.6. The van der Waals surface area contributed by atoms with Gasteiger partial charge in [-0.1, -0.05) is 121 Å². The van der Waals surface area contributed by atoms with E-state index in [0.717, 1.165) is 77.0 Å². The number of nitrogens with zero attached hydrogens (tertiary/aromatic N) is 1. The minimum Gasteiger partial charge on any atom is -0.444 e. The number of aryl methyl sites for hydroxylation is 4. The Balaban J connectivity index is 0.000000315. The van der Waals surface area contributed by atoms with Crippen LogP contribution in [0.5, 0.6) is 0 Å². The zero-order valence-corrected chi connectivity index (χ0v) is 35.2. The number of carbonyl (C=O) groups is 3. The third-order valence-electron chi connectivity index (χ3n) is 9.60. The molecule has 0 unspecified atom stereocenters. The molecule has 0 saturated carbocycles. The summed E-state index contributed by atoms with van der Waals surface area (Å²) in [4.78, 5) is 38.1. The van der Waals surface area contributed by atoms with Gasteiger partial charge in [-0.05, 0) is 127 Å². The van der Waals surface area contributed by atoms with E-state index in [1.807, 2.05) is 45.0 Å². The molecule has 3 amide bonds. The maximum Gasteiger partial charge on any atom is 0.410 e. The smallest absolute Gasteiger partial charge is 0.410 e. The summed E-state index contributed by atoms with van der Waals surface area (Å²) in [5.74, 6) is -0.0605. The molecule has 4 aromatic rings. The van der Waals surface area contributed by atoms with Gasteiger partial charge >= 0.3 is 6.09 Å². The average molecular weight is 777 g/mol. The van der Waals surface area contributed by atoms with Crippen molar-refractivity contribution < 1.29 is 19.1 Å². The van der Waals surface area contributed by atoms with Gasteiger partial charge in [0.2, 0.25) is 11.8 Å². The number of nitrogens with one attached hydrogen (secondary N) is 3. The Labute approximate surface area is 343 Å². The van der Waals surface area contributed by atoms with E-state index in [-0.39, 0.29) is 30.4 Å². The summed E-state index contributed by atoms with van der Waals surface area (Å²) in [6, 6.07) is 42.3. The van der Waals surface area contributed by atoms with Gasteiger partial charge in [0, 0.05) is 19.1 Å². The lowest BCUT2D eigenvalue weighted by Gasteiger charge is -2.25. The van der Waals surface area contributed by atoms with Crippen LogP contribution in [0, 0.1) is 0 Å². The number of benzene rings is 4. The molecule has 0 saturated heterocycles. The quantitative estimate of drug-likeness (QED) is 0.0740. The zero-order chi connectivity index (χ0) is 41.1. The van der Waals surface area contributed by atoms with Gasteiger partial charge in [-0.3, -0.25) is 9.59 Å². The lowest BCUT2D eigenvalue weighted by molar-refractivity contribution is -0.123. The summed E-state index contributed by atoms with van der Waals surface area (Å²) in [5.41, 5.74) is 4.77. The van der Waals surface area contributed by atoms with E-state index in [4.69, 9.17) is 4.74 Å². The molecule has 0 radical (unpaired) electrons. The molecule has 0 aliphatic carbocycles. The van der Waals surface area contributed by atoms with Crippen molar-refractivity contribution in [1.82, 2.24) is 20.9 Å². The molecule has 0 aromatic heterocycles. The second kappa shape index (κ2) is 26.8. The van der Waals surface area contributed by atoms with Crippen LogP contribution in [0.1, 0.15) is 94.4 Å². The van der Waals surface area contributed by atoms with E-state index >= 15 is 0 Å². The summed E-state index contributed by atoms with van der Waals surface area (Å²) in [5, 5.41) is 9.26. The van der Waals surface area contributed by atoms with Crippen molar-refractivity contribution in [3.8, 4) is 0 Å². The number of ether oxygens (including phenoxy) is 1. The SMILES string of the molecule is CN(CC(=O)NC(CCCc1ccccc1)CCCc1ccccc1)C(=O)OC(C)(C)C.CNCC(=O)NC(CCCc1ccccc1)CCCc1ccccc1. The molecule has 0 atom stereocenters. The van der Waals surface area contributed by atoms with Crippen LogP contribution >= 0.6 is 0 Å². The Hall–Kier alpha value is -4.95. The highest BCUT2D eigenvalue weighted by atomic mass is 16.6. The Morgan fingerprint density at radius 2 is 0.860 bits per heavy atom. The highest BCUT2D eigenvalue weighted by molar-refractivity contribution is 5.82. The summed E-state index contributed by atoms with van der Waals surface area (Å²) < 4.78 is 5.34. The largest absolute Gasteiger partial charge is 0.444 e. The van der Waals surface area contributed by atoms with Crippen molar-refractivity contribution in [2.45, 2.75) is 116 Å². The second-order valence-corrected chi connectivity index (χ2v) is 15.9. The van der Waals surface area contributed by atoms with Gasteiger partial charge in [0.05, 0.1) is 6.54 Å². The lowest BCUT2D eigenvalue weighted by Crippen LogP contribution is -2.44. The molecule has 0 aliphatic rings. The van der Waals surface area contributed by atoms with Gasteiger partial charge in [0.15, 0.2) is 0 Å². The predicted molar refractivity (Wildman–Crippen MR) is 234 cm³/mol. The standard InChI is InChI=1S/C27H38N2O3.C22H30N2O/c1-27(2,3)32-26(31)29(4)21-25(30)28-24(19-11-17-22-13-7-5-8-14-22)20-12-18-23-15-9-6-10-16-23;1-23-18-22(25)24-21(16-8-14-19-10-4-2-5-11-19)17-9-15-20-12-6-3-7-13-20/h5-10,13-16,24H,11-12,17-21H2,1-4H3,(H,28,30);2-7,10-13,21,23H,8-9,14-18H2,1H3,(H,24,25). The summed E-state index contributed by atoms with van der Waals surface area (Å²) in [7, 11) is 3.40. The number of hydrogen-bond donors (Lipinski definition) is 3. The fourth-order valence-electron chi connectivity index (χ4n) is 6.70. The molecule has 0 bridgehead atoms. The highest BCUT2D eigenvalue weighted by Crippen LogP contribution is 2.15. The molecule has 8 heteroatoms. The Bertz CT molecular complexity index is 1570. The zero-order valence-electron chi connectivity index (χ0n) is 35.2. The lowest BCUT2D eigenvalue weighted by atomic mass is 9.99. The molecular weight excluding hydrogens is 709 g/mol. The van der Waals surface area contributed by atoms with Gasteiger partial charge in [-0.15, -0.1) is 0 Å². The van der Waals surface area contributed by atoms with E-state index in [0.29, 0.717) is 6.54 Å². The van der Waals surface area contributed by atoms with Crippen molar-refractivity contribution in [2.24, 2.45) is 0 Å². The number of hydrogen-bond acceptors (Lipinski definition) is 5. The fraction of sp³-hybridized carbons (Fsp3) is 0.449. The van der Waals surface area contributed by atoms with E-state index in [1.54, 1.807) is 14.1 Å². The van der Waals surface area contributed by atoms with Crippen LogP contribution in [0.4, 0.5) is 4.79 Å². The van der Waals surface area contributed by atoms with Gasteiger partial charge in [0.25, 0.3) is 0 Å². The molecular formula is C49H68N4O4. The fourth-order valence-corrected chi connectivity index (χ4v) is 6.70. The first kappa shape index (κ1) is 46.4. The number of carbonyl (C=O) groups excluding carboxylic acids is 3. The monoisotopic (exact) mass is 777 g/mol. The van der Waals surface area contributed by atoms with Gasteiger partial charge in [-0.25, -0.2) is 4.79 Å². The molecule has 0 heterocycles. The number of likely N-dealkylation sites (N-methyl/N-ethyl adjacent to an activating group) is 2. The molecule has 0 fully saturated rings. The third kappa shape index (κ3) is 21.8. The normalized spacial score (nSPS) is 11.1. The second-order valence-electron chi connectivity index (χ2n) is 15.9. The van der Waals surface area contributed by atoms with Crippen LogP contribution in [-0.4, -0.2) is 67.7 Å². The van der Waals surface area contributed by atoms with Gasteiger partial charge < -0.3 is 25.6 Å². The van der Waals surface area contributed by atoms with Crippen LogP contribution in [0.3, 0.4) is 0 Å². The highest BCUT2D eigenvalue weighted by Gasteiger charge is 2.22. The number of amides is 3. The van der Waals surface area contributed by atoms with Crippen molar-refractivity contribution >= 4 is 17.9 Å². The minimum absolute atomic E-state index is 0.0111. The van der Waals surface area contributed by atoms with Crippen LogP contribution in [-0.2, 0) is 40.0 Å². The summed E-state index contributed by atoms with van der Waals surface area (Å²) in [6.07, 6.45) is 11.7. The molecule has 4 rings (SSSR count). The van der Waals surface area contributed by atoms with Crippen molar-refractivity contribution in [3.05, 3.63) is 144 Å². The van der Waals surface area contributed by atoms with Crippen molar-refractivity contribution in [3.63, 3.8) is 0 Å². The van der Waals surface area contributed by atoms with Gasteiger partial charge in [-0.2, -0.15) is 0 Å². The molecule has 0 spiro atoms. The summed E-state index contributed by atoms with van der Waals surface area (Å²) in [6.45, 7) is 5.81.